The number of carbonyl (C=O) groups excluding carboxylic acids is 1. The number of aliphatic hydroxyl groups is 1. The number of carbonyl (C=O) groups is 1. The maximum absolute atomic E-state index is 11.2. The van der Waals surface area contributed by atoms with Gasteiger partial charge in [-0.3, -0.25) is 5.32 Å². The molecule has 0 aliphatic carbocycles. The molecule has 8 heteroatoms. The average molecular weight is 364 g/mol. The smallest absolute Gasteiger partial charge is 0.462 e. The molecule has 24 heavy (non-hydrogen) atoms. The van der Waals surface area contributed by atoms with E-state index < -0.39 is 21.0 Å². The molecule has 0 rings (SSSR count). The normalized spacial score (nSPS) is 12.9. The number of rotatable bonds is 15. The van der Waals surface area contributed by atoms with Gasteiger partial charge in [0, 0.05) is 37.9 Å². The zero-order valence-electron chi connectivity index (χ0n) is 15.4. The summed E-state index contributed by atoms with van der Waals surface area (Å²) < 4.78 is 22.2. The lowest BCUT2D eigenvalue weighted by molar-refractivity contribution is -0.139. The Hall–Kier alpha value is -0.773. The summed E-state index contributed by atoms with van der Waals surface area (Å²) in [5.74, 6) is -0.442. The maximum atomic E-state index is 11.2. The van der Waals surface area contributed by atoms with Crippen LogP contribution in [0.1, 0.15) is 40.5 Å². The molecular weight excluding hydrogens is 330 g/mol. The Morgan fingerprint density at radius 3 is 2.17 bits per heavy atom. The van der Waals surface area contributed by atoms with Gasteiger partial charge in [0.2, 0.25) is 0 Å². The van der Waals surface area contributed by atoms with Gasteiger partial charge in [-0.1, -0.05) is 6.58 Å². The van der Waals surface area contributed by atoms with Crippen LogP contribution in [0.4, 0.5) is 0 Å². The van der Waals surface area contributed by atoms with Gasteiger partial charge in [-0.25, -0.2) is 4.79 Å². The van der Waals surface area contributed by atoms with Gasteiger partial charge in [-0.15, -0.1) is 0 Å². The highest BCUT2D eigenvalue weighted by Gasteiger charge is 2.39. The van der Waals surface area contributed by atoms with Crippen LogP contribution in [0.25, 0.3) is 0 Å². The van der Waals surface area contributed by atoms with Crippen molar-refractivity contribution in [2.45, 2.75) is 52.8 Å². The summed E-state index contributed by atoms with van der Waals surface area (Å²) in [6.07, 6.45) is 0.351. The predicted octanol–water partition coefficient (Wildman–Crippen LogP) is 1.84. The molecule has 0 aliphatic rings. The van der Waals surface area contributed by atoms with E-state index in [0.29, 0.717) is 44.4 Å². The van der Waals surface area contributed by atoms with E-state index in [1.807, 2.05) is 20.8 Å². The first-order valence-electron chi connectivity index (χ1n) is 8.56. The van der Waals surface area contributed by atoms with E-state index in [2.05, 4.69) is 11.9 Å². The van der Waals surface area contributed by atoms with Crippen molar-refractivity contribution in [2.75, 3.05) is 33.0 Å². The van der Waals surface area contributed by atoms with Crippen LogP contribution in [0.3, 0.4) is 0 Å². The van der Waals surface area contributed by atoms with E-state index in [-0.39, 0.29) is 6.61 Å². The standard InChI is InChI=1S/C16H33NO6Si/c1-6-21-24(22-7-2,23-8-3)13-9-11-17-15(18)10-12-20-16(19)14(4)5/h15,17-18H,4,6-13H2,1-3,5H3. The molecule has 0 aromatic carbocycles. The van der Waals surface area contributed by atoms with Crippen molar-refractivity contribution < 1.29 is 27.9 Å². The highest BCUT2D eigenvalue weighted by Crippen LogP contribution is 2.17. The second-order valence-corrected chi connectivity index (χ2v) is 7.99. The number of ether oxygens (including phenoxy) is 1. The Bertz CT molecular complexity index is 349. The third-order valence-corrected chi connectivity index (χ3v) is 6.26. The SMILES string of the molecule is C=C(C)C(=O)OCCC(O)NCCC[Si](OCC)(OCC)OCC. The van der Waals surface area contributed by atoms with Gasteiger partial charge in [0.25, 0.3) is 0 Å². The summed E-state index contributed by atoms with van der Waals surface area (Å²) in [4.78, 5) is 11.2. The fourth-order valence-electron chi connectivity index (χ4n) is 2.06. The lowest BCUT2D eigenvalue weighted by Crippen LogP contribution is -2.46. The first-order valence-corrected chi connectivity index (χ1v) is 10.5. The molecule has 0 spiro atoms. The minimum Gasteiger partial charge on any atom is -0.462 e. The number of nitrogens with one attached hydrogen (secondary N) is 1. The average Bonchev–Trinajstić information content (AvgIpc) is 2.52. The van der Waals surface area contributed by atoms with E-state index in [1.54, 1.807) is 6.92 Å². The van der Waals surface area contributed by atoms with Crippen molar-refractivity contribution in [1.82, 2.24) is 5.32 Å². The first-order chi connectivity index (χ1) is 11.4. The minimum absolute atomic E-state index is 0.148. The molecule has 0 fully saturated rings. The van der Waals surface area contributed by atoms with Crippen molar-refractivity contribution >= 4 is 14.8 Å². The van der Waals surface area contributed by atoms with E-state index in [0.717, 1.165) is 6.42 Å². The molecular formula is C16H33NO6Si. The molecule has 1 atom stereocenters. The first kappa shape index (κ1) is 23.2. The summed E-state index contributed by atoms with van der Waals surface area (Å²) in [5, 5.41) is 12.8. The lowest BCUT2D eigenvalue weighted by atomic mass is 10.3. The molecule has 0 amide bonds. The minimum atomic E-state index is -2.62. The maximum Gasteiger partial charge on any atom is 0.500 e. The molecule has 0 bridgehead atoms. The van der Waals surface area contributed by atoms with Crippen LogP contribution < -0.4 is 5.32 Å². The van der Waals surface area contributed by atoms with Crippen LogP contribution in [0, 0.1) is 0 Å². The number of hydrogen-bond donors (Lipinski definition) is 2. The van der Waals surface area contributed by atoms with Gasteiger partial charge in [0.1, 0.15) is 6.23 Å². The number of esters is 1. The van der Waals surface area contributed by atoms with Crippen LogP contribution in [0.5, 0.6) is 0 Å². The summed E-state index contributed by atoms with van der Waals surface area (Å²) in [6.45, 7) is 13.3. The van der Waals surface area contributed by atoms with Gasteiger partial charge in [0.15, 0.2) is 0 Å². The molecule has 0 radical (unpaired) electrons. The summed E-state index contributed by atoms with van der Waals surface area (Å²) in [6, 6.07) is 0.687. The van der Waals surface area contributed by atoms with E-state index in [9.17, 15) is 9.90 Å². The van der Waals surface area contributed by atoms with Crippen LogP contribution in [-0.4, -0.2) is 59.1 Å². The van der Waals surface area contributed by atoms with E-state index >= 15 is 0 Å². The van der Waals surface area contributed by atoms with Crippen LogP contribution in [-0.2, 0) is 22.8 Å². The van der Waals surface area contributed by atoms with Crippen molar-refractivity contribution in [1.29, 1.82) is 0 Å². The third-order valence-electron chi connectivity index (χ3n) is 3.11. The zero-order chi connectivity index (χ0) is 18.4. The fourth-order valence-corrected chi connectivity index (χ4v) is 4.68. The second-order valence-electron chi connectivity index (χ2n) is 5.26. The van der Waals surface area contributed by atoms with Crippen molar-refractivity contribution in [3.63, 3.8) is 0 Å². The lowest BCUT2D eigenvalue weighted by Gasteiger charge is -2.28. The molecule has 1 unspecified atom stereocenters. The van der Waals surface area contributed by atoms with Crippen molar-refractivity contribution in [3.05, 3.63) is 12.2 Å². The molecule has 7 nitrogen and oxygen atoms in total. The van der Waals surface area contributed by atoms with Gasteiger partial charge in [-0.2, -0.15) is 0 Å². The molecule has 0 saturated carbocycles. The van der Waals surface area contributed by atoms with Gasteiger partial charge < -0.3 is 23.1 Å². The third kappa shape index (κ3) is 10.2. The Balaban J connectivity index is 4.05. The summed E-state index contributed by atoms with van der Waals surface area (Å²) >= 11 is 0. The summed E-state index contributed by atoms with van der Waals surface area (Å²) in [5.41, 5.74) is 0.349. The van der Waals surface area contributed by atoms with Gasteiger partial charge in [0.05, 0.1) is 6.61 Å². The number of aliphatic hydroxyl groups excluding tert-OH is 1. The molecule has 2 N–H and O–H groups in total. The van der Waals surface area contributed by atoms with E-state index in [1.165, 1.54) is 0 Å². The summed E-state index contributed by atoms with van der Waals surface area (Å²) in [7, 11) is -2.62. The molecule has 0 aromatic rings. The fraction of sp³-hybridized carbons (Fsp3) is 0.812. The Kier molecular flexibility index (Phi) is 13.1. The Labute approximate surface area is 146 Å². The molecule has 142 valence electrons. The van der Waals surface area contributed by atoms with Crippen molar-refractivity contribution in [3.8, 4) is 0 Å². The quantitative estimate of drug-likeness (QED) is 0.151. The zero-order valence-corrected chi connectivity index (χ0v) is 16.4. The largest absolute Gasteiger partial charge is 0.500 e. The predicted molar refractivity (Wildman–Crippen MR) is 94.5 cm³/mol. The van der Waals surface area contributed by atoms with Crippen LogP contribution in [0.15, 0.2) is 12.2 Å². The van der Waals surface area contributed by atoms with Crippen molar-refractivity contribution in [2.24, 2.45) is 0 Å². The van der Waals surface area contributed by atoms with Gasteiger partial charge in [-0.05, 0) is 40.7 Å². The number of hydrogen-bond acceptors (Lipinski definition) is 7. The molecule has 0 aromatic heterocycles. The second kappa shape index (κ2) is 13.5. The highest BCUT2D eigenvalue weighted by atomic mass is 28.4. The van der Waals surface area contributed by atoms with Gasteiger partial charge >= 0.3 is 14.8 Å². The van der Waals surface area contributed by atoms with Crippen LogP contribution >= 0.6 is 0 Å². The van der Waals surface area contributed by atoms with E-state index in [4.69, 9.17) is 18.0 Å². The molecule has 0 aliphatic heterocycles. The Morgan fingerprint density at radius 1 is 1.17 bits per heavy atom. The Morgan fingerprint density at radius 2 is 1.71 bits per heavy atom. The van der Waals surface area contributed by atoms with Crippen LogP contribution in [0.2, 0.25) is 6.04 Å². The molecule has 0 saturated heterocycles. The monoisotopic (exact) mass is 363 g/mol. The molecule has 0 heterocycles. The highest BCUT2D eigenvalue weighted by molar-refractivity contribution is 6.60. The topological polar surface area (TPSA) is 86.3 Å².